The van der Waals surface area contributed by atoms with Crippen LogP contribution in [0.2, 0.25) is 0 Å². The van der Waals surface area contributed by atoms with Gasteiger partial charge in [-0.1, -0.05) is 62.4 Å². The molecule has 0 amide bonds. The predicted octanol–water partition coefficient (Wildman–Crippen LogP) is 9.95. The summed E-state index contributed by atoms with van der Waals surface area (Å²) < 4.78 is 6.34. The summed E-state index contributed by atoms with van der Waals surface area (Å²) in [5.41, 5.74) is 13.2. The Kier molecular flexibility index (Phi) is 5.15. The first kappa shape index (κ1) is 23.6. The van der Waals surface area contributed by atoms with Crippen LogP contribution >= 0.6 is 0 Å². The molecule has 2 aliphatic heterocycles. The van der Waals surface area contributed by atoms with Gasteiger partial charge in [0.15, 0.2) is 11.5 Å². The molecule has 0 bridgehead atoms. The minimum atomic E-state index is -0.0775. The molecule has 0 unspecified atom stereocenters. The maximum atomic E-state index is 6.34. The molecule has 0 radical (unpaired) electrons. The Morgan fingerprint density at radius 1 is 0.564 bits per heavy atom. The van der Waals surface area contributed by atoms with Gasteiger partial charge in [-0.3, -0.25) is 0 Å². The molecule has 0 saturated carbocycles. The fourth-order valence-electron chi connectivity index (χ4n) is 6.18. The smallest absolute Gasteiger partial charge is 0.151 e. The minimum Gasteiger partial charge on any atom is -0.453 e. The molecule has 0 atom stereocenters. The van der Waals surface area contributed by atoms with Crippen molar-refractivity contribution in [1.82, 2.24) is 0 Å². The van der Waals surface area contributed by atoms with Crippen molar-refractivity contribution in [2.24, 2.45) is 0 Å². The van der Waals surface area contributed by atoms with Crippen molar-refractivity contribution in [2.45, 2.75) is 33.1 Å². The zero-order valence-corrected chi connectivity index (χ0v) is 23.1. The average Bonchev–Trinajstić information content (AvgIpc) is 2.94. The molecule has 39 heavy (non-hydrogen) atoms. The van der Waals surface area contributed by atoms with Crippen LogP contribution in [0.3, 0.4) is 0 Å². The lowest BCUT2D eigenvalue weighted by molar-refractivity contribution is 0.476. The fraction of sp³-hybridized carbons (Fsp3) is 0.167. The molecule has 0 saturated heterocycles. The lowest BCUT2D eigenvalue weighted by atomic mass is 9.73. The number of ether oxygens (including phenoxy) is 1. The van der Waals surface area contributed by atoms with Gasteiger partial charge in [-0.15, -0.1) is 0 Å². The maximum Gasteiger partial charge on any atom is 0.151 e. The van der Waals surface area contributed by atoms with Crippen molar-refractivity contribution in [3.8, 4) is 22.6 Å². The Balaban J connectivity index is 1.29. The molecular formula is C36H32N2O. The number of fused-ring (bicyclic) bond motifs is 4. The van der Waals surface area contributed by atoms with E-state index in [2.05, 4.69) is 148 Å². The molecule has 0 fully saturated rings. The maximum absolute atomic E-state index is 6.34. The van der Waals surface area contributed by atoms with E-state index in [1.165, 1.54) is 44.8 Å². The number of aryl methyl sites for hydroxylation is 2. The highest BCUT2D eigenvalue weighted by atomic mass is 16.5. The summed E-state index contributed by atoms with van der Waals surface area (Å²) in [6.07, 6.45) is 0. The standard InChI is InChI=1S/C36H32N2O/c1-23-10-17-32-34(20-23)39-35-21-24(2)11-18-33(35)38(32)27-15-12-25(13-16-27)26-14-19-31-29(22-26)36(3,4)28-8-6-7-9-30(28)37(31)5/h6-22H,1-5H3. The third kappa shape index (κ3) is 3.64. The van der Waals surface area contributed by atoms with Gasteiger partial charge in [0.2, 0.25) is 0 Å². The van der Waals surface area contributed by atoms with Crippen LogP contribution in [0.25, 0.3) is 11.1 Å². The predicted molar refractivity (Wildman–Crippen MR) is 163 cm³/mol. The van der Waals surface area contributed by atoms with Crippen LogP contribution in [0, 0.1) is 13.8 Å². The molecular weight excluding hydrogens is 476 g/mol. The Labute approximate surface area is 230 Å². The third-order valence-electron chi connectivity index (χ3n) is 8.36. The van der Waals surface area contributed by atoms with E-state index in [0.717, 1.165) is 28.6 Å². The molecule has 0 aliphatic carbocycles. The fourth-order valence-corrected chi connectivity index (χ4v) is 6.18. The molecule has 192 valence electrons. The number of nitrogens with zero attached hydrogens (tertiary/aromatic N) is 2. The number of benzene rings is 5. The molecule has 5 aromatic rings. The number of para-hydroxylation sites is 1. The van der Waals surface area contributed by atoms with Crippen molar-refractivity contribution < 1.29 is 4.74 Å². The van der Waals surface area contributed by atoms with Crippen molar-refractivity contribution in [2.75, 3.05) is 16.8 Å². The molecule has 3 nitrogen and oxygen atoms in total. The van der Waals surface area contributed by atoms with E-state index in [9.17, 15) is 0 Å². The molecule has 2 aliphatic rings. The number of rotatable bonds is 2. The largest absolute Gasteiger partial charge is 0.453 e. The second-order valence-corrected chi connectivity index (χ2v) is 11.4. The van der Waals surface area contributed by atoms with Crippen LogP contribution in [-0.2, 0) is 5.41 Å². The third-order valence-corrected chi connectivity index (χ3v) is 8.36. The first-order valence-electron chi connectivity index (χ1n) is 13.6. The van der Waals surface area contributed by atoms with E-state index in [1.54, 1.807) is 0 Å². The van der Waals surface area contributed by atoms with E-state index < -0.39 is 0 Å². The second-order valence-electron chi connectivity index (χ2n) is 11.4. The summed E-state index contributed by atoms with van der Waals surface area (Å²) in [5, 5.41) is 0. The highest BCUT2D eigenvalue weighted by Gasteiger charge is 2.35. The lowest BCUT2D eigenvalue weighted by Gasteiger charge is -2.40. The first-order chi connectivity index (χ1) is 18.8. The van der Waals surface area contributed by atoms with Crippen LogP contribution in [0.15, 0.2) is 103 Å². The van der Waals surface area contributed by atoms with Gasteiger partial charge in [0, 0.05) is 29.5 Å². The number of anilines is 5. The normalized spacial score (nSPS) is 14.6. The molecule has 5 aromatic carbocycles. The zero-order valence-electron chi connectivity index (χ0n) is 23.1. The summed E-state index contributed by atoms with van der Waals surface area (Å²) in [7, 11) is 2.17. The van der Waals surface area contributed by atoms with Crippen LogP contribution < -0.4 is 14.5 Å². The SMILES string of the molecule is Cc1ccc2c(c1)Oc1cc(C)ccc1N2c1ccc(-c2ccc3c(c2)C(C)(C)c2ccccc2N3C)cc1. The van der Waals surface area contributed by atoms with E-state index in [-0.39, 0.29) is 5.41 Å². The van der Waals surface area contributed by atoms with Crippen LogP contribution in [0.1, 0.15) is 36.1 Å². The summed E-state index contributed by atoms with van der Waals surface area (Å²) >= 11 is 0. The topological polar surface area (TPSA) is 15.7 Å². The van der Waals surface area contributed by atoms with Crippen LogP contribution in [0.5, 0.6) is 11.5 Å². The lowest BCUT2D eigenvalue weighted by Crippen LogP contribution is -2.30. The van der Waals surface area contributed by atoms with Crippen molar-refractivity contribution in [1.29, 1.82) is 0 Å². The van der Waals surface area contributed by atoms with Crippen molar-refractivity contribution in [3.63, 3.8) is 0 Å². The number of hydrogen-bond donors (Lipinski definition) is 0. The van der Waals surface area contributed by atoms with Gasteiger partial charge in [0.25, 0.3) is 0 Å². The Morgan fingerprint density at radius 2 is 1.13 bits per heavy atom. The highest BCUT2D eigenvalue weighted by Crippen LogP contribution is 2.52. The monoisotopic (exact) mass is 508 g/mol. The zero-order chi connectivity index (χ0) is 26.9. The van der Waals surface area contributed by atoms with Crippen molar-refractivity contribution >= 4 is 28.4 Å². The molecule has 2 heterocycles. The van der Waals surface area contributed by atoms with Gasteiger partial charge in [0.05, 0.1) is 11.4 Å². The van der Waals surface area contributed by atoms with Crippen LogP contribution in [-0.4, -0.2) is 7.05 Å². The van der Waals surface area contributed by atoms with Crippen LogP contribution in [0.4, 0.5) is 28.4 Å². The summed E-state index contributed by atoms with van der Waals surface area (Å²) in [6.45, 7) is 8.87. The highest BCUT2D eigenvalue weighted by molar-refractivity contribution is 5.87. The van der Waals surface area contributed by atoms with Gasteiger partial charge in [-0.25, -0.2) is 0 Å². The van der Waals surface area contributed by atoms with Gasteiger partial charge in [0.1, 0.15) is 0 Å². The first-order valence-corrected chi connectivity index (χ1v) is 13.6. The van der Waals surface area contributed by atoms with Crippen molar-refractivity contribution in [3.05, 3.63) is 125 Å². The Morgan fingerprint density at radius 3 is 1.79 bits per heavy atom. The molecule has 0 spiro atoms. The van der Waals surface area contributed by atoms with Gasteiger partial charge in [-0.05, 0) is 102 Å². The molecule has 0 N–H and O–H groups in total. The van der Waals surface area contributed by atoms with Gasteiger partial charge >= 0.3 is 0 Å². The molecule has 7 rings (SSSR count). The van der Waals surface area contributed by atoms with Gasteiger partial charge < -0.3 is 14.5 Å². The average molecular weight is 509 g/mol. The molecule has 3 heteroatoms. The Bertz CT molecular complexity index is 1700. The summed E-state index contributed by atoms with van der Waals surface area (Å²) in [6, 6.07) is 37.4. The summed E-state index contributed by atoms with van der Waals surface area (Å²) in [5.74, 6) is 1.77. The number of hydrogen-bond acceptors (Lipinski definition) is 3. The van der Waals surface area contributed by atoms with E-state index >= 15 is 0 Å². The second kappa shape index (κ2) is 8.51. The van der Waals surface area contributed by atoms with E-state index in [1.807, 2.05) is 0 Å². The minimum absolute atomic E-state index is 0.0775. The van der Waals surface area contributed by atoms with E-state index in [0.29, 0.717) is 0 Å². The molecule has 0 aromatic heterocycles. The van der Waals surface area contributed by atoms with Gasteiger partial charge in [-0.2, -0.15) is 0 Å². The Hall–Kier alpha value is -4.50. The van der Waals surface area contributed by atoms with E-state index in [4.69, 9.17) is 4.74 Å². The quantitative estimate of drug-likeness (QED) is 0.231. The summed E-state index contributed by atoms with van der Waals surface area (Å²) in [4.78, 5) is 4.62.